The first-order chi connectivity index (χ1) is 12.7. The van der Waals surface area contributed by atoms with Crippen LogP contribution in [-0.4, -0.2) is 36.7 Å². The molecule has 2 aliphatic rings. The van der Waals surface area contributed by atoms with E-state index in [2.05, 4.69) is 29.3 Å². The summed E-state index contributed by atoms with van der Waals surface area (Å²) in [6, 6.07) is 6.58. The summed E-state index contributed by atoms with van der Waals surface area (Å²) in [5.41, 5.74) is 4.01. The molecule has 0 spiro atoms. The standard InChI is InChI=1S/C21H29N3O2/c1-15(22-2)20(8-4-6-12-25)24-14-17-13-16(9-10-18(17)21(24)26)19-7-3-5-11-23-19/h9-10,12-13,19-20,22-23H,1,3-8,11,14H2,2H3. The Bertz CT molecular complexity index is 680. The topological polar surface area (TPSA) is 61.4 Å². The van der Waals surface area contributed by atoms with Gasteiger partial charge in [0.25, 0.3) is 5.91 Å². The molecule has 1 amide bonds. The summed E-state index contributed by atoms with van der Waals surface area (Å²) in [5, 5.41) is 6.67. The Morgan fingerprint density at radius 1 is 1.46 bits per heavy atom. The smallest absolute Gasteiger partial charge is 0.255 e. The first-order valence-electron chi connectivity index (χ1n) is 9.63. The first kappa shape index (κ1) is 18.6. The van der Waals surface area contributed by atoms with Crippen molar-refractivity contribution in [1.82, 2.24) is 15.5 Å². The van der Waals surface area contributed by atoms with Crippen molar-refractivity contribution in [2.75, 3.05) is 13.6 Å². The minimum atomic E-state index is -0.0869. The molecule has 140 valence electrons. The van der Waals surface area contributed by atoms with Gasteiger partial charge in [-0.15, -0.1) is 0 Å². The number of fused-ring (bicyclic) bond motifs is 1. The third kappa shape index (κ3) is 3.83. The number of unbranched alkanes of at least 4 members (excludes halogenated alkanes) is 1. The maximum Gasteiger partial charge on any atom is 0.255 e. The van der Waals surface area contributed by atoms with Gasteiger partial charge in [-0.25, -0.2) is 0 Å². The molecule has 26 heavy (non-hydrogen) atoms. The van der Waals surface area contributed by atoms with Crippen molar-refractivity contribution in [2.45, 2.75) is 57.2 Å². The molecule has 2 unspecified atom stereocenters. The van der Waals surface area contributed by atoms with Crippen LogP contribution in [0, 0.1) is 0 Å². The monoisotopic (exact) mass is 355 g/mol. The number of carbonyl (C=O) groups excluding carboxylic acids is 2. The molecular weight excluding hydrogens is 326 g/mol. The van der Waals surface area contributed by atoms with E-state index in [1.165, 1.54) is 18.4 Å². The molecule has 0 radical (unpaired) electrons. The first-order valence-corrected chi connectivity index (χ1v) is 9.63. The molecule has 2 N–H and O–H groups in total. The van der Waals surface area contributed by atoms with Crippen LogP contribution in [0.25, 0.3) is 0 Å². The zero-order chi connectivity index (χ0) is 18.5. The van der Waals surface area contributed by atoms with Crippen LogP contribution < -0.4 is 10.6 Å². The van der Waals surface area contributed by atoms with E-state index in [1.54, 1.807) is 0 Å². The zero-order valence-electron chi connectivity index (χ0n) is 15.6. The maximum absolute atomic E-state index is 13.0. The van der Waals surface area contributed by atoms with E-state index in [4.69, 9.17) is 0 Å². The van der Waals surface area contributed by atoms with E-state index in [0.29, 0.717) is 19.0 Å². The van der Waals surface area contributed by atoms with Crippen LogP contribution in [0.15, 0.2) is 30.5 Å². The fourth-order valence-corrected chi connectivity index (χ4v) is 4.05. The van der Waals surface area contributed by atoms with Crippen molar-refractivity contribution in [3.05, 3.63) is 47.2 Å². The predicted octanol–water partition coefficient (Wildman–Crippen LogP) is 2.93. The second kappa shape index (κ2) is 8.49. The van der Waals surface area contributed by atoms with E-state index < -0.39 is 0 Å². The number of benzene rings is 1. The average molecular weight is 355 g/mol. The maximum atomic E-state index is 13.0. The van der Waals surface area contributed by atoms with E-state index in [9.17, 15) is 9.59 Å². The van der Waals surface area contributed by atoms with Gasteiger partial charge in [0.2, 0.25) is 0 Å². The van der Waals surface area contributed by atoms with Gasteiger partial charge in [0.1, 0.15) is 6.29 Å². The lowest BCUT2D eigenvalue weighted by Gasteiger charge is -2.29. The summed E-state index contributed by atoms with van der Waals surface area (Å²) in [6.45, 7) is 5.76. The van der Waals surface area contributed by atoms with Gasteiger partial charge in [0.05, 0.1) is 6.04 Å². The van der Waals surface area contributed by atoms with Crippen LogP contribution in [0.2, 0.25) is 0 Å². The largest absolute Gasteiger partial charge is 0.390 e. The average Bonchev–Trinajstić information content (AvgIpc) is 3.01. The van der Waals surface area contributed by atoms with Crippen molar-refractivity contribution < 1.29 is 9.59 Å². The lowest BCUT2D eigenvalue weighted by Crippen LogP contribution is -2.39. The quantitative estimate of drug-likeness (QED) is 0.556. The summed E-state index contributed by atoms with van der Waals surface area (Å²) in [6.07, 6.45) is 6.59. The van der Waals surface area contributed by atoms with Gasteiger partial charge < -0.3 is 20.3 Å². The van der Waals surface area contributed by atoms with Crippen LogP contribution in [0.3, 0.4) is 0 Å². The SMILES string of the molecule is C=C(NC)C(CCCC=O)N1Cc2cc(C3CCCCN3)ccc2C1=O. The Balaban J connectivity index is 1.78. The van der Waals surface area contributed by atoms with Gasteiger partial charge in [0.15, 0.2) is 0 Å². The molecule has 5 nitrogen and oxygen atoms in total. The minimum Gasteiger partial charge on any atom is -0.390 e. The summed E-state index contributed by atoms with van der Waals surface area (Å²) in [5.74, 6) is 0.0654. The van der Waals surface area contributed by atoms with Gasteiger partial charge in [-0.1, -0.05) is 25.1 Å². The summed E-state index contributed by atoms with van der Waals surface area (Å²) in [7, 11) is 1.83. The lowest BCUT2D eigenvalue weighted by atomic mass is 9.95. The van der Waals surface area contributed by atoms with Gasteiger partial charge in [-0.2, -0.15) is 0 Å². The van der Waals surface area contributed by atoms with E-state index in [-0.39, 0.29) is 11.9 Å². The van der Waals surface area contributed by atoms with Crippen LogP contribution in [0.4, 0.5) is 0 Å². The van der Waals surface area contributed by atoms with Crippen molar-refractivity contribution in [3.8, 4) is 0 Å². The molecule has 0 saturated carbocycles. The second-order valence-corrected chi connectivity index (χ2v) is 7.24. The highest BCUT2D eigenvalue weighted by molar-refractivity contribution is 5.98. The second-order valence-electron chi connectivity index (χ2n) is 7.24. The van der Waals surface area contributed by atoms with Crippen LogP contribution in [-0.2, 0) is 11.3 Å². The number of likely N-dealkylation sites (N-methyl/N-ethyl adjacent to an activating group) is 1. The van der Waals surface area contributed by atoms with E-state index >= 15 is 0 Å². The highest BCUT2D eigenvalue weighted by atomic mass is 16.2. The normalized spacial score (nSPS) is 20.6. The molecular formula is C21H29N3O2. The van der Waals surface area contributed by atoms with E-state index in [1.807, 2.05) is 18.0 Å². The molecule has 2 aliphatic heterocycles. The Morgan fingerprint density at radius 3 is 3.00 bits per heavy atom. The van der Waals surface area contributed by atoms with Crippen LogP contribution in [0.5, 0.6) is 0 Å². The molecule has 1 aromatic carbocycles. The van der Waals surface area contributed by atoms with E-state index in [0.717, 1.165) is 48.9 Å². The molecule has 1 aromatic rings. The Morgan fingerprint density at radius 2 is 2.31 bits per heavy atom. The van der Waals surface area contributed by atoms with Crippen LogP contribution in [0.1, 0.15) is 66.1 Å². The Labute approximate surface area is 155 Å². The predicted molar refractivity (Wildman–Crippen MR) is 103 cm³/mol. The number of hydrogen-bond acceptors (Lipinski definition) is 4. The van der Waals surface area contributed by atoms with Gasteiger partial charge in [-0.3, -0.25) is 4.79 Å². The van der Waals surface area contributed by atoms with Crippen molar-refractivity contribution >= 4 is 12.2 Å². The number of rotatable bonds is 8. The molecule has 2 heterocycles. The van der Waals surface area contributed by atoms with Crippen molar-refractivity contribution in [2.24, 2.45) is 0 Å². The highest BCUT2D eigenvalue weighted by Gasteiger charge is 2.34. The summed E-state index contributed by atoms with van der Waals surface area (Å²) < 4.78 is 0. The molecule has 1 fully saturated rings. The molecule has 1 saturated heterocycles. The van der Waals surface area contributed by atoms with Crippen molar-refractivity contribution in [3.63, 3.8) is 0 Å². The third-order valence-corrected chi connectivity index (χ3v) is 5.57. The molecule has 5 heteroatoms. The number of aldehydes is 1. The number of hydrogen-bond donors (Lipinski definition) is 2. The Hall–Kier alpha value is -2.14. The van der Waals surface area contributed by atoms with Crippen LogP contribution >= 0.6 is 0 Å². The van der Waals surface area contributed by atoms with Gasteiger partial charge in [-0.05, 0) is 49.4 Å². The molecule has 0 bridgehead atoms. The fraction of sp³-hybridized carbons (Fsp3) is 0.524. The molecule has 2 atom stereocenters. The van der Waals surface area contributed by atoms with Gasteiger partial charge in [0, 0.05) is 37.3 Å². The zero-order valence-corrected chi connectivity index (χ0v) is 15.6. The summed E-state index contributed by atoms with van der Waals surface area (Å²) in [4.78, 5) is 25.5. The third-order valence-electron chi connectivity index (χ3n) is 5.57. The number of nitrogens with one attached hydrogen (secondary N) is 2. The number of carbonyl (C=O) groups is 2. The molecule has 0 aliphatic carbocycles. The van der Waals surface area contributed by atoms with Gasteiger partial charge >= 0.3 is 0 Å². The lowest BCUT2D eigenvalue weighted by molar-refractivity contribution is -0.107. The number of piperidine rings is 1. The number of nitrogens with zero attached hydrogens (tertiary/aromatic N) is 1. The fourth-order valence-electron chi connectivity index (χ4n) is 4.05. The molecule has 0 aromatic heterocycles. The summed E-state index contributed by atoms with van der Waals surface area (Å²) >= 11 is 0. The highest BCUT2D eigenvalue weighted by Crippen LogP contribution is 2.32. The number of amides is 1. The van der Waals surface area contributed by atoms with Crippen molar-refractivity contribution in [1.29, 1.82) is 0 Å². The Kier molecular flexibility index (Phi) is 6.09. The molecule has 3 rings (SSSR count). The minimum absolute atomic E-state index is 0.0654.